The molecule has 2 N–H and O–H groups in total. The van der Waals surface area contributed by atoms with E-state index >= 15 is 0 Å². The second kappa shape index (κ2) is 11.2. The number of esters is 1. The third-order valence-electron chi connectivity index (χ3n) is 6.47. The number of fused-ring (bicyclic) bond motifs is 1. The molecule has 4 rings (SSSR count). The van der Waals surface area contributed by atoms with Crippen LogP contribution in [0.5, 0.6) is 5.75 Å². The zero-order valence-electron chi connectivity index (χ0n) is 19.7. The van der Waals surface area contributed by atoms with Crippen LogP contribution in [0.2, 0.25) is 0 Å². The van der Waals surface area contributed by atoms with E-state index in [9.17, 15) is 9.59 Å². The van der Waals surface area contributed by atoms with Crippen molar-refractivity contribution in [2.24, 2.45) is 5.73 Å². The number of benzene rings is 3. The molecule has 0 saturated carbocycles. The van der Waals surface area contributed by atoms with E-state index in [0.29, 0.717) is 18.0 Å². The summed E-state index contributed by atoms with van der Waals surface area (Å²) in [7, 11) is 0. The normalized spacial score (nSPS) is 16.3. The average molecular weight is 461 g/mol. The van der Waals surface area contributed by atoms with E-state index < -0.39 is 11.9 Å². The lowest BCUT2D eigenvalue weighted by Gasteiger charge is -2.33. The van der Waals surface area contributed by atoms with Crippen LogP contribution in [0.4, 0.5) is 0 Å². The van der Waals surface area contributed by atoms with Gasteiger partial charge < -0.3 is 20.1 Å². The second-order valence-corrected chi connectivity index (χ2v) is 8.88. The lowest BCUT2D eigenvalue weighted by Crippen LogP contribution is -2.38. The standard InChI is InChI=1S/C28H32N2O4/c1-20-8-5-6-15-30(20)16-7-17-33-23-12-14-24-22(18-23)11-13-25(26(24)27(29)31)28(32)34-19-21-9-3-2-4-10-21/h2-4,9-14,18,20H,5-8,15-17,19H2,1H3,(H2,29,31). The molecule has 34 heavy (non-hydrogen) atoms. The zero-order valence-corrected chi connectivity index (χ0v) is 19.7. The quantitative estimate of drug-likeness (QED) is 0.361. The van der Waals surface area contributed by atoms with E-state index in [1.165, 1.54) is 25.8 Å². The largest absolute Gasteiger partial charge is 0.494 e. The molecule has 0 spiro atoms. The first-order valence-electron chi connectivity index (χ1n) is 12.0. The molecule has 1 unspecified atom stereocenters. The zero-order chi connectivity index (χ0) is 23.9. The first kappa shape index (κ1) is 23.8. The van der Waals surface area contributed by atoms with Crippen LogP contribution in [-0.4, -0.2) is 42.5 Å². The Labute approximate surface area is 200 Å². The van der Waals surface area contributed by atoms with E-state index in [4.69, 9.17) is 15.2 Å². The maximum atomic E-state index is 12.7. The van der Waals surface area contributed by atoms with Gasteiger partial charge in [0.05, 0.1) is 17.7 Å². The van der Waals surface area contributed by atoms with Gasteiger partial charge >= 0.3 is 5.97 Å². The van der Waals surface area contributed by atoms with Crippen LogP contribution in [0.25, 0.3) is 10.8 Å². The van der Waals surface area contributed by atoms with Crippen molar-refractivity contribution in [2.75, 3.05) is 19.7 Å². The Morgan fingerprint density at radius 2 is 1.88 bits per heavy atom. The molecule has 1 aliphatic rings. The average Bonchev–Trinajstić information content (AvgIpc) is 2.85. The monoisotopic (exact) mass is 460 g/mol. The molecule has 1 amide bonds. The highest BCUT2D eigenvalue weighted by molar-refractivity contribution is 6.14. The topological polar surface area (TPSA) is 81.9 Å². The van der Waals surface area contributed by atoms with Gasteiger partial charge in [0.2, 0.25) is 5.91 Å². The Hall–Kier alpha value is -3.38. The summed E-state index contributed by atoms with van der Waals surface area (Å²) in [4.78, 5) is 27.5. The molecule has 0 radical (unpaired) electrons. The van der Waals surface area contributed by atoms with Gasteiger partial charge in [-0.1, -0.05) is 42.8 Å². The van der Waals surface area contributed by atoms with Crippen molar-refractivity contribution < 1.29 is 19.1 Å². The molecule has 1 heterocycles. The molecule has 1 saturated heterocycles. The number of nitrogens with zero attached hydrogens (tertiary/aromatic N) is 1. The number of piperidine rings is 1. The first-order chi connectivity index (χ1) is 16.5. The van der Waals surface area contributed by atoms with Gasteiger partial charge in [0.1, 0.15) is 12.4 Å². The number of primary amides is 1. The lowest BCUT2D eigenvalue weighted by atomic mass is 9.98. The van der Waals surface area contributed by atoms with E-state index in [2.05, 4.69) is 11.8 Å². The molecule has 3 aromatic carbocycles. The van der Waals surface area contributed by atoms with Gasteiger partial charge in [-0.2, -0.15) is 0 Å². The number of rotatable bonds is 9. The summed E-state index contributed by atoms with van der Waals surface area (Å²) in [5.74, 6) is -0.512. The molecule has 0 bridgehead atoms. The maximum absolute atomic E-state index is 12.7. The van der Waals surface area contributed by atoms with Gasteiger partial charge in [-0.05, 0) is 73.3 Å². The molecule has 0 aromatic heterocycles. The van der Waals surface area contributed by atoms with Gasteiger partial charge in [0, 0.05) is 12.6 Å². The summed E-state index contributed by atoms with van der Waals surface area (Å²) in [5, 5.41) is 1.40. The van der Waals surface area contributed by atoms with Crippen LogP contribution < -0.4 is 10.5 Å². The highest BCUT2D eigenvalue weighted by atomic mass is 16.5. The van der Waals surface area contributed by atoms with E-state index in [1.807, 2.05) is 42.5 Å². The summed E-state index contributed by atoms with van der Waals surface area (Å²) >= 11 is 0. The number of nitrogens with two attached hydrogens (primary N) is 1. The van der Waals surface area contributed by atoms with Crippen LogP contribution >= 0.6 is 0 Å². The fourth-order valence-corrected chi connectivity index (χ4v) is 4.58. The second-order valence-electron chi connectivity index (χ2n) is 8.88. The minimum absolute atomic E-state index is 0.124. The molecule has 6 nitrogen and oxygen atoms in total. The van der Waals surface area contributed by atoms with E-state index in [1.54, 1.807) is 18.2 Å². The SMILES string of the molecule is CC1CCCCN1CCCOc1ccc2c(C(N)=O)c(C(=O)OCc3ccccc3)ccc2c1. The first-order valence-corrected chi connectivity index (χ1v) is 12.0. The highest BCUT2D eigenvalue weighted by Gasteiger charge is 2.20. The lowest BCUT2D eigenvalue weighted by molar-refractivity contribution is 0.0470. The Bertz CT molecular complexity index is 1150. The Morgan fingerprint density at radius 1 is 1.06 bits per heavy atom. The molecule has 1 fully saturated rings. The summed E-state index contributed by atoms with van der Waals surface area (Å²) in [5.41, 5.74) is 6.87. The number of carbonyl (C=O) groups excluding carboxylic acids is 2. The number of likely N-dealkylation sites (tertiary alicyclic amines) is 1. The summed E-state index contributed by atoms with van der Waals surface area (Å²) in [6.07, 6.45) is 4.83. The smallest absolute Gasteiger partial charge is 0.339 e. The van der Waals surface area contributed by atoms with Crippen molar-refractivity contribution in [2.45, 2.75) is 45.3 Å². The van der Waals surface area contributed by atoms with Crippen LogP contribution in [0, 0.1) is 0 Å². The molecule has 1 atom stereocenters. The number of ether oxygens (including phenoxy) is 2. The van der Waals surface area contributed by atoms with Gasteiger partial charge in [0.25, 0.3) is 0 Å². The Balaban J connectivity index is 1.42. The Kier molecular flexibility index (Phi) is 7.80. The van der Waals surface area contributed by atoms with Crippen molar-refractivity contribution in [3.63, 3.8) is 0 Å². The van der Waals surface area contributed by atoms with Crippen LogP contribution in [0.15, 0.2) is 60.7 Å². The van der Waals surface area contributed by atoms with E-state index in [0.717, 1.165) is 29.7 Å². The van der Waals surface area contributed by atoms with Crippen LogP contribution in [0.1, 0.15) is 58.9 Å². The van der Waals surface area contributed by atoms with Gasteiger partial charge in [0.15, 0.2) is 0 Å². The minimum Gasteiger partial charge on any atom is -0.494 e. The minimum atomic E-state index is -0.665. The van der Waals surface area contributed by atoms with Crippen LogP contribution in [0.3, 0.4) is 0 Å². The molecule has 1 aliphatic heterocycles. The fraction of sp³-hybridized carbons (Fsp3) is 0.357. The third kappa shape index (κ3) is 5.75. The number of hydrogen-bond donors (Lipinski definition) is 1. The van der Waals surface area contributed by atoms with Crippen molar-refractivity contribution in [3.8, 4) is 5.75 Å². The predicted molar refractivity (Wildman–Crippen MR) is 133 cm³/mol. The summed E-state index contributed by atoms with van der Waals surface area (Å²) in [6.45, 7) is 5.25. The van der Waals surface area contributed by atoms with Gasteiger partial charge in [-0.15, -0.1) is 0 Å². The van der Waals surface area contributed by atoms with Gasteiger partial charge in [-0.3, -0.25) is 4.79 Å². The number of carbonyl (C=O) groups is 2. The summed E-state index contributed by atoms with van der Waals surface area (Å²) < 4.78 is 11.4. The molecule has 6 heteroatoms. The molecule has 3 aromatic rings. The molecule has 178 valence electrons. The number of hydrogen-bond acceptors (Lipinski definition) is 5. The molecular weight excluding hydrogens is 428 g/mol. The van der Waals surface area contributed by atoms with Crippen molar-refractivity contribution >= 4 is 22.6 Å². The third-order valence-corrected chi connectivity index (χ3v) is 6.47. The van der Waals surface area contributed by atoms with Crippen LogP contribution in [-0.2, 0) is 11.3 Å². The maximum Gasteiger partial charge on any atom is 0.339 e. The number of amides is 1. The van der Waals surface area contributed by atoms with Crippen molar-refractivity contribution in [1.82, 2.24) is 4.90 Å². The summed E-state index contributed by atoms with van der Waals surface area (Å²) in [6, 6.07) is 18.9. The van der Waals surface area contributed by atoms with E-state index in [-0.39, 0.29) is 17.7 Å². The molecular formula is C28H32N2O4. The highest BCUT2D eigenvalue weighted by Crippen LogP contribution is 2.27. The van der Waals surface area contributed by atoms with Crippen molar-refractivity contribution in [3.05, 3.63) is 77.4 Å². The fourth-order valence-electron chi connectivity index (χ4n) is 4.58. The Morgan fingerprint density at radius 3 is 2.65 bits per heavy atom. The van der Waals surface area contributed by atoms with Gasteiger partial charge in [-0.25, -0.2) is 4.79 Å². The molecule has 0 aliphatic carbocycles. The predicted octanol–water partition coefficient (Wildman–Crippen LogP) is 4.94. The van der Waals surface area contributed by atoms with Crippen molar-refractivity contribution in [1.29, 1.82) is 0 Å².